The highest BCUT2D eigenvalue weighted by Crippen LogP contribution is 2.10. The van der Waals surface area contributed by atoms with E-state index in [1.54, 1.807) is 0 Å². The maximum absolute atomic E-state index is 5.33. The Morgan fingerprint density at radius 1 is 0.875 bits per heavy atom. The van der Waals surface area contributed by atoms with E-state index in [0.29, 0.717) is 13.2 Å². The molecular formula is C13H29NOS. The van der Waals surface area contributed by atoms with Gasteiger partial charge in [-0.15, -0.1) is 0 Å². The van der Waals surface area contributed by atoms with E-state index in [4.69, 9.17) is 10.5 Å². The molecule has 0 atom stereocenters. The molecule has 0 aliphatic heterocycles. The minimum absolute atomic E-state index is 0.641. The molecule has 0 aromatic carbocycles. The first-order chi connectivity index (χ1) is 7.91. The Morgan fingerprint density at radius 3 is 2.25 bits per heavy atom. The number of rotatable bonds is 13. The van der Waals surface area contributed by atoms with Crippen molar-refractivity contribution in [2.45, 2.75) is 51.9 Å². The number of thioether (sulfide) groups is 1. The van der Waals surface area contributed by atoms with Gasteiger partial charge in [-0.2, -0.15) is 11.8 Å². The molecule has 2 nitrogen and oxygen atoms in total. The molecule has 0 fully saturated rings. The van der Waals surface area contributed by atoms with Crippen molar-refractivity contribution in [1.29, 1.82) is 0 Å². The van der Waals surface area contributed by atoms with Gasteiger partial charge < -0.3 is 10.5 Å². The largest absolute Gasteiger partial charge is 0.379 e. The molecule has 2 N–H and O–H groups in total. The summed E-state index contributed by atoms with van der Waals surface area (Å²) in [6, 6.07) is 0. The summed E-state index contributed by atoms with van der Waals surface area (Å²) >= 11 is 2.01. The molecule has 0 bridgehead atoms. The second-order valence-corrected chi connectivity index (χ2v) is 5.36. The van der Waals surface area contributed by atoms with Gasteiger partial charge in [0.15, 0.2) is 0 Å². The molecule has 0 aliphatic carbocycles. The van der Waals surface area contributed by atoms with Crippen LogP contribution < -0.4 is 5.73 Å². The fraction of sp³-hybridized carbons (Fsp3) is 1.00. The molecule has 0 aromatic heterocycles. The average molecular weight is 247 g/mol. The lowest BCUT2D eigenvalue weighted by Crippen LogP contribution is -2.09. The van der Waals surface area contributed by atoms with Crippen LogP contribution in [0.2, 0.25) is 0 Å². The number of hydrogen-bond donors (Lipinski definition) is 1. The minimum atomic E-state index is 0.641. The Labute approximate surface area is 106 Å². The third-order valence-electron chi connectivity index (χ3n) is 2.53. The summed E-state index contributed by atoms with van der Waals surface area (Å²) in [5.41, 5.74) is 5.33. The van der Waals surface area contributed by atoms with E-state index in [2.05, 4.69) is 6.92 Å². The number of nitrogens with two attached hydrogens (primary N) is 1. The first kappa shape index (κ1) is 16.3. The first-order valence-corrected chi connectivity index (χ1v) is 7.92. The Bertz CT molecular complexity index is 109. The molecule has 0 aromatic rings. The molecule has 0 spiro atoms. The topological polar surface area (TPSA) is 35.2 Å². The zero-order valence-electron chi connectivity index (χ0n) is 10.9. The van der Waals surface area contributed by atoms with Gasteiger partial charge in [0.2, 0.25) is 0 Å². The lowest BCUT2D eigenvalue weighted by Gasteiger charge is -2.03. The van der Waals surface area contributed by atoms with Crippen LogP contribution in [0.5, 0.6) is 0 Å². The second-order valence-electron chi connectivity index (χ2n) is 4.13. The van der Waals surface area contributed by atoms with Crippen molar-refractivity contribution < 1.29 is 4.74 Å². The van der Waals surface area contributed by atoms with Crippen molar-refractivity contribution in [2.75, 3.05) is 31.3 Å². The van der Waals surface area contributed by atoms with Crippen LogP contribution in [0, 0.1) is 0 Å². The molecule has 0 radical (unpaired) electrons. The van der Waals surface area contributed by atoms with Gasteiger partial charge in [-0.05, 0) is 12.2 Å². The third kappa shape index (κ3) is 14.3. The van der Waals surface area contributed by atoms with Gasteiger partial charge in [-0.1, -0.05) is 45.4 Å². The van der Waals surface area contributed by atoms with Crippen LogP contribution in [0.1, 0.15) is 51.9 Å². The van der Waals surface area contributed by atoms with Crippen LogP contribution in [0.3, 0.4) is 0 Å². The van der Waals surface area contributed by atoms with E-state index >= 15 is 0 Å². The standard InChI is InChI=1S/C13H29NOS/c1-2-3-4-5-6-7-8-12-16-13-11-15-10-9-14/h2-14H2,1H3. The summed E-state index contributed by atoms with van der Waals surface area (Å²) in [4.78, 5) is 0. The zero-order chi connectivity index (χ0) is 11.9. The molecule has 16 heavy (non-hydrogen) atoms. The SMILES string of the molecule is CCCCCCCCCSCCOCCN. The Morgan fingerprint density at radius 2 is 1.56 bits per heavy atom. The van der Waals surface area contributed by atoms with Crippen LogP contribution in [0.15, 0.2) is 0 Å². The predicted octanol–water partition coefficient (Wildman–Crippen LogP) is 3.45. The fourth-order valence-electron chi connectivity index (χ4n) is 1.57. The summed E-state index contributed by atoms with van der Waals surface area (Å²) < 4.78 is 5.31. The molecule has 0 amide bonds. The molecule has 0 aliphatic rings. The lowest BCUT2D eigenvalue weighted by molar-refractivity contribution is 0.158. The normalized spacial score (nSPS) is 10.9. The Hall–Kier alpha value is 0.270. The molecule has 0 saturated carbocycles. The van der Waals surface area contributed by atoms with E-state index in [0.717, 1.165) is 12.4 Å². The van der Waals surface area contributed by atoms with Crippen LogP contribution in [-0.4, -0.2) is 31.3 Å². The first-order valence-electron chi connectivity index (χ1n) is 6.77. The third-order valence-corrected chi connectivity index (χ3v) is 3.56. The van der Waals surface area contributed by atoms with Gasteiger partial charge in [0.25, 0.3) is 0 Å². The highest BCUT2D eigenvalue weighted by molar-refractivity contribution is 7.99. The lowest BCUT2D eigenvalue weighted by atomic mass is 10.1. The summed E-state index contributed by atoms with van der Waals surface area (Å²) in [6.07, 6.45) is 9.80. The molecule has 0 heterocycles. The summed E-state index contributed by atoms with van der Waals surface area (Å²) in [6.45, 7) is 4.47. The van der Waals surface area contributed by atoms with Crippen molar-refractivity contribution in [3.63, 3.8) is 0 Å². The van der Waals surface area contributed by atoms with Crippen molar-refractivity contribution in [1.82, 2.24) is 0 Å². The summed E-state index contributed by atoms with van der Waals surface area (Å²) in [7, 11) is 0. The Kier molecular flexibility index (Phi) is 15.5. The number of hydrogen-bond acceptors (Lipinski definition) is 3. The monoisotopic (exact) mass is 247 g/mol. The summed E-state index contributed by atoms with van der Waals surface area (Å²) in [5.74, 6) is 2.41. The predicted molar refractivity (Wildman–Crippen MR) is 75.2 cm³/mol. The van der Waals surface area contributed by atoms with Gasteiger partial charge >= 0.3 is 0 Å². The van der Waals surface area contributed by atoms with E-state index in [1.165, 1.54) is 50.7 Å². The van der Waals surface area contributed by atoms with Crippen LogP contribution >= 0.6 is 11.8 Å². The van der Waals surface area contributed by atoms with Crippen LogP contribution in [0.4, 0.5) is 0 Å². The molecule has 0 saturated heterocycles. The summed E-state index contributed by atoms with van der Waals surface area (Å²) in [5, 5.41) is 0. The highest BCUT2D eigenvalue weighted by atomic mass is 32.2. The van der Waals surface area contributed by atoms with Gasteiger partial charge in [0.1, 0.15) is 0 Å². The number of ether oxygens (including phenoxy) is 1. The van der Waals surface area contributed by atoms with E-state index in [-0.39, 0.29) is 0 Å². The molecule has 3 heteroatoms. The smallest absolute Gasteiger partial charge is 0.0589 e. The Balaban J connectivity index is 2.83. The maximum atomic E-state index is 5.33. The fourth-order valence-corrected chi connectivity index (χ4v) is 2.41. The second kappa shape index (κ2) is 15.3. The van der Waals surface area contributed by atoms with Crippen LogP contribution in [0.25, 0.3) is 0 Å². The van der Waals surface area contributed by atoms with Gasteiger partial charge in [-0.25, -0.2) is 0 Å². The van der Waals surface area contributed by atoms with Crippen molar-refractivity contribution in [3.8, 4) is 0 Å². The van der Waals surface area contributed by atoms with Crippen LogP contribution in [-0.2, 0) is 4.74 Å². The van der Waals surface area contributed by atoms with E-state index < -0.39 is 0 Å². The molecular weight excluding hydrogens is 218 g/mol. The van der Waals surface area contributed by atoms with Gasteiger partial charge in [-0.3, -0.25) is 0 Å². The average Bonchev–Trinajstić information content (AvgIpc) is 2.31. The van der Waals surface area contributed by atoms with Crippen molar-refractivity contribution in [3.05, 3.63) is 0 Å². The minimum Gasteiger partial charge on any atom is -0.379 e. The molecule has 0 rings (SSSR count). The van der Waals surface area contributed by atoms with Gasteiger partial charge in [0.05, 0.1) is 13.2 Å². The quantitative estimate of drug-likeness (QED) is 0.506. The molecule has 98 valence electrons. The number of unbranched alkanes of at least 4 members (excludes halogenated alkanes) is 6. The molecule has 0 unspecified atom stereocenters. The highest BCUT2D eigenvalue weighted by Gasteiger charge is 1.92. The van der Waals surface area contributed by atoms with E-state index in [9.17, 15) is 0 Å². The van der Waals surface area contributed by atoms with Crippen molar-refractivity contribution >= 4 is 11.8 Å². The van der Waals surface area contributed by atoms with Crippen molar-refractivity contribution in [2.24, 2.45) is 5.73 Å². The zero-order valence-corrected chi connectivity index (χ0v) is 11.7. The van der Waals surface area contributed by atoms with E-state index in [1.807, 2.05) is 11.8 Å². The maximum Gasteiger partial charge on any atom is 0.0589 e. The van der Waals surface area contributed by atoms with Gasteiger partial charge in [0, 0.05) is 12.3 Å².